The van der Waals surface area contributed by atoms with Crippen LogP contribution >= 0.6 is 0 Å². The largest absolute Gasteiger partial charge is 0.545 e. The summed E-state index contributed by atoms with van der Waals surface area (Å²) in [5, 5.41) is 11.7. The predicted molar refractivity (Wildman–Crippen MR) is 260 cm³/mol. The second-order valence-electron chi connectivity index (χ2n) is 19.2. The fourth-order valence-electron chi connectivity index (χ4n) is 7.57. The van der Waals surface area contributed by atoms with Crippen molar-refractivity contribution in [2.45, 2.75) is 257 Å². The number of aliphatic carboxylic acids is 1. The van der Waals surface area contributed by atoms with Gasteiger partial charge in [0, 0.05) is 12.8 Å². The number of hydrogen-bond donors (Lipinski definition) is 0. The first-order valence-corrected chi connectivity index (χ1v) is 26.5. The van der Waals surface area contributed by atoms with Crippen molar-refractivity contribution in [3.05, 3.63) is 24.3 Å². The molecule has 0 amide bonds. The molecule has 0 aliphatic heterocycles. The second kappa shape index (κ2) is 46.3. The summed E-state index contributed by atoms with van der Waals surface area (Å²) in [6, 6.07) is 0. The summed E-state index contributed by atoms with van der Waals surface area (Å²) in [5.74, 6) is -2.28. The van der Waals surface area contributed by atoms with Crippen LogP contribution in [0.15, 0.2) is 24.3 Å². The maximum absolute atomic E-state index is 12.8. The van der Waals surface area contributed by atoms with Gasteiger partial charge in [-0.15, -0.1) is 0 Å². The Bertz CT molecular complexity index is 1090. The smallest absolute Gasteiger partial charge is 0.306 e. The fourth-order valence-corrected chi connectivity index (χ4v) is 7.57. The lowest BCUT2D eigenvalue weighted by molar-refractivity contribution is -0.870. The number of esters is 2. The molecule has 0 saturated carbocycles. The molecule has 0 aliphatic rings. The zero-order valence-corrected chi connectivity index (χ0v) is 42.0. The second-order valence-corrected chi connectivity index (χ2v) is 19.2. The van der Waals surface area contributed by atoms with Crippen LogP contribution in [0, 0.1) is 0 Å². The molecular weight excluding hydrogens is 791 g/mol. The number of nitrogens with zero attached hydrogens (tertiary/aromatic N) is 1. The van der Waals surface area contributed by atoms with Gasteiger partial charge >= 0.3 is 11.9 Å². The van der Waals surface area contributed by atoms with Crippen LogP contribution in [-0.2, 0) is 33.3 Å². The van der Waals surface area contributed by atoms with Gasteiger partial charge in [0.05, 0.1) is 40.3 Å². The third-order valence-electron chi connectivity index (χ3n) is 11.7. The minimum atomic E-state index is -1.61. The van der Waals surface area contributed by atoms with Gasteiger partial charge in [-0.05, 0) is 44.9 Å². The van der Waals surface area contributed by atoms with Crippen molar-refractivity contribution in [3.8, 4) is 0 Å². The fraction of sp³-hybridized carbons (Fsp3) is 0.870. The number of hydrogen-bond acceptors (Lipinski definition) is 8. The third-order valence-corrected chi connectivity index (χ3v) is 11.7. The van der Waals surface area contributed by atoms with Crippen LogP contribution in [0.25, 0.3) is 0 Å². The standard InChI is InChI=1S/C54H101NO8/c1-6-8-10-12-14-15-16-17-18-19-20-21-22-23-24-25-26-27-28-29-30-31-32-33-34-35-36-37-39-41-43-45-52(57)63-50(48-61-51(56)44-42-40-38-13-11-9-7-2)49-62-54(53(58)59)60-47-46-55(3,4)5/h16-17,19-20,50,54H,6-15,18,21-49H2,1-5H3/b17-16-,20-19-. The highest BCUT2D eigenvalue weighted by molar-refractivity contribution is 5.70. The Hall–Kier alpha value is -2.23. The SMILES string of the molecule is CCCCCCC/C=C\C/C=C\CCCCCCCCCCCCCCCCCCCCCC(=O)OC(COC(=O)CCCCCCCCC)COC(OCC[N+](C)(C)C)C(=O)[O-]. The average Bonchev–Trinajstić information content (AvgIpc) is 3.24. The number of allylic oxidation sites excluding steroid dienone is 4. The quantitative estimate of drug-likeness (QED) is 0.0195. The number of carbonyl (C=O) groups is 3. The lowest BCUT2D eigenvalue weighted by atomic mass is 10.0. The lowest BCUT2D eigenvalue weighted by Crippen LogP contribution is -2.44. The van der Waals surface area contributed by atoms with Gasteiger partial charge in [0.2, 0.25) is 0 Å². The lowest BCUT2D eigenvalue weighted by Gasteiger charge is -2.26. The monoisotopic (exact) mass is 892 g/mol. The minimum Gasteiger partial charge on any atom is -0.545 e. The Morgan fingerprint density at radius 1 is 0.476 bits per heavy atom. The number of ether oxygens (including phenoxy) is 4. The molecule has 0 aromatic rings. The van der Waals surface area contributed by atoms with E-state index in [1.165, 1.54) is 173 Å². The Morgan fingerprint density at radius 2 is 0.857 bits per heavy atom. The maximum Gasteiger partial charge on any atom is 0.306 e. The summed E-state index contributed by atoms with van der Waals surface area (Å²) in [7, 11) is 5.91. The van der Waals surface area contributed by atoms with E-state index in [4.69, 9.17) is 18.9 Å². The molecule has 9 nitrogen and oxygen atoms in total. The van der Waals surface area contributed by atoms with E-state index >= 15 is 0 Å². The van der Waals surface area contributed by atoms with E-state index in [0.29, 0.717) is 17.4 Å². The highest BCUT2D eigenvalue weighted by atomic mass is 16.7. The molecule has 0 bridgehead atoms. The molecule has 0 heterocycles. The summed E-state index contributed by atoms with van der Waals surface area (Å²) in [4.78, 5) is 36.9. The van der Waals surface area contributed by atoms with Crippen molar-refractivity contribution in [3.63, 3.8) is 0 Å². The number of unbranched alkanes of at least 4 members (excludes halogenated alkanes) is 30. The highest BCUT2D eigenvalue weighted by Gasteiger charge is 2.22. The van der Waals surface area contributed by atoms with Crippen molar-refractivity contribution in [1.29, 1.82) is 0 Å². The van der Waals surface area contributed by atoms with Gasteiger partial charge in [-0.3, -0.25) is 9.59 Å². The van der Waals surface area contributed by atoms with Gasteiger partial charge in [-0.25, -0.2) is 0 Å². The summed E-state index contributed by atoms with van der Waals surface area (Å²) < 4.78 is 22.5. The molecule has 0 fully saturated rings. The Kier molecular flexibility index (Phi) is 44.7. The van der Waals surface area contributed by atoms with Gasteiger partial charge in [0.1, 0.15) is 13.2 Å². The number of quaternary nitrogens is 1. The van der Waals surface area contributed by atoms with Gasteiger partial charge in [0.15, 0.2) is 12.4 Å². The van der Waals surface area contributed by atoms with Crippen molar-refractivity contribution in [2.75, 3.05) is 47.5 Å². The summed E-state index contributed by atoms with van der Waals surface area (Å²) in [6.45, 7) is 4.70. The molecule has 0 spiro atoms. The van der Waals surface area contributed by atoms with E-state index in [-0.39, 0.29) is 32.2 Å². The normalized spacial score (nSPS) is 13.0. The zero-order valence-electron chi connectivity index (χ0n) is 42.0. The topological polar surface area (TPSA) is 111 Å². The van der Waals surface area contributed by atoms with E-state index < -0.39 is 24.3 Å². The van der Waals surface area contributed by atoms with Crippen LogP contribution < -0.4 is 5.11 Å². The van der Waals surface area contributed by atoms with Crippen LogP contribution in [0.3, 0.4) is 0 Å². The molecule has 0 aromatic carbocycles. The molecule has 0 saturated heterocycles. The Balaban J connectivity index is 3.98. The average molecular weight is 892 g/mol. The minimum absolute atomic E-state index is 0.151. The van der Waals surface area contributed by atoms with Crippen molar-refractivity contribution >= 4 is 17.9 Å². The van der Waals surface area contributed by atoms with E-state index in [2.05, 4.69) is 38.2 Å². The molecule has 2 unspecified atom stereocenters. The summed E-state index contributed by atoms with van der Waals surface area (Å²) in [6.07, 6.45) is 49.8. The van der Waals surface area contributed by atoms with Gasteiger partial charge in [-0.1, -0.05) is 212 Å². The van der Waals surface area contributed by atoms with Gasteiger partial charge in [0.25, 0.3) is 0 Å². The van der Waals surface area contributed by atoms with Crippen LogP contribution in [0.2, 0.25) is 0 Å². The number of carboxylic acid groups (broad SMARTS) is 1. The third kappa shape index (κ3) is 47.5. The van der Waals surface area contributed by atoms with E-state index in [1.54, 1.807) is 0 Å². The van der Waals surface area contributed by atoms with Crippen LogP contribution in [0.4, 0.5) is 0 Å². The van der Waals surface area contributed by atoms with Gasteiger partial charge in [-0.2, -0.15) is 0 Å². The molecule has 0 N–H and O–H groups in total. The molecule has 9 heteroatoms. The molecule has 370 valence electrons. The van der Waals surface area contributed by atoms with Crippen LogP contribution in [0.1, 0.15) is 245 Å². The Labute approximate surface area is 388 Å². The van der Waals surface area contributed by atoms with Crippen LogP contribution in [0.5, 0.6) is 0 Å². The van der Waals surface area contributed by atoms with Crippen LogP contribution in [-0.4, -0.2) is 82.3 Å². The number of rotatable bonds is 49. The zero-order chi connectivity index (χ0) is 46.3. The maximum atomic E-state index is 12.8. The first-order chi connectivity index (χ1) is 30.6. The molecule has 0 aliphatic carbocycles. The van der Waals surface area contributed by atoms with E-state index in [1.807, 2.05) is 21.1 Å². The first kappa shape index (κ1) is 60.8. The summed E-state index contributed by atoms with van der Waals surface area (Å²) >= 11 is 0. The number of carbonyl (C=O) groups excluding carboxylic acids is 3. The molecule has 0 rings (SSSR count). The first-order valence-electron chi connectivity index (χ1n) is 26.5. The van der Waals surface area contributed by atoms with Crippen molar-refractivity contribution in [2.24, 2.45) is 0 Å². The number of carboxylic acids is 1. The molecular formula is C54H101NO8. The summed E-state index contributed by atoms with van der Waals surface area (Å²) in [5.41, 5.74) is 0. The molecule has 0 radical (unpaired) electrons. The molecule has 0 aromatic heterocycles. The van der Waals surface area contributed by atoms with E-state index in [9.17, 15) is 19.5 Å². The van der Waals surface area contributed by atoms with Gasteiger partial charge < -0.3 is 33.3 Å². The number of likely N-dealkylation sites (N-methyl/N-ethyl adjacent to an activating group) is 1. The van der Waals surface area contributed by atoms with E-state index in [0.717, 1.165) is 44.9 Å². The Morgan fingerprint density at radius 3 is 1.25 bits per heavy atom. The molecule has 63 heavy (non-hydrogen) atoms. The molecule has 2 atom stereocenters. The van der Waals surface area contributed by atoms with Crippen molar-refractivity contribution < 1.29 is 42.9 Å². The van der Waals surface area contributed by atoms with Crippen molar-refractivity contribution in [1.82, 2.24) is 0 Å². The predicted octanol–water partition coefficient (Wildman–Crippen LogP) is 13.5. The highest BCUT2D eigenvalue weighted by Crippen LogP contribution is 2.16.